The number of fused-ring (bicyclic) bond motifs is 1. The first-order valence-electron chi connectivity index (χ1n) is 9.18. The Bertz CT molecular complexity index is 1210. The summed E-state index contributed by atoms with van der Waals surface area (Å²) in [7, 11) is 1.64. The number of nitrogens with zero attached hydrogens (tertiary/aromatic N) is 2. The molecule has 0 saturated carbocycles. The zero-order valence-corrected chi connectivity index (χ0v) is 15.8. The summed E-state index contributed by atoms with van der Waals surface area (Å²) in [5, 5.41) is 12.0. The molecule has 6 nitrogen and oxygen atoms in total. The molecule has 1 aromatic heterocycles. The summed E-state index contributed by atoms with van der Waals surface area (Å²) in [6.07, 6.45) is 0.281. The average Bonchev–Trinajstić information content (AvgIpc) is 2.99. The van der Waals surface area contributed by atoms with Gasteiger partial charge >= 0.3 is 0 Å². The Hall–Kier alpha value is -3.69. The van der Waals surface area contributed by atoms with Crippen molar-refractivity contribution in [2.24, 2.45) is 5.73 Å². The Labute approximate surface area is 168 Å². The lowest BCUT2D eigenvalue weighted by molar-refractivity contribution is -0.137. The number of aromatic nitrogens is 1. The van der Waals surface area contributed by atoms with Gasteiger partial charge in [0.15, 0.2) is 0 Å². The van der Waals surface area contributed by atoms with E-state index in [9.17, 15) is 14.7 Å². The van der Waals surface area contributed by atoms with Gasteiger partial charge in [0.25, 0.3) is 11.8 Å². The van der Waals surface area contributed by atoms with E-state index in [2.05, 4.69) is 16.8 Å². The first-order valence-corrected chi connectivity index (χ1v) is 9.18. The molecule has 1 aliphatic heterocycles. The third-order valence-corrected chi connectivity index (χ3v) is 5.06. The van der Waals surface area contributed by atoms with Gasteiger partial charge in [-0.15, -0.1) is 0 Å². The van der Waals surface area contributed by atoms with Gasteiger partial charge in [-0.1, -0.05) is 48.2 Å². The molecule has 0 radical (unpaired) electrons. The van der Waals surface area contributed by atoms with Crippen molar-refractivity contribution in [3.63, 3.8) is 0 Å². The van der Waals surface area contributed by atoms with Crippen LogP contribution in [0.1, 0.15) is 22.5 Å². The third kappa shape index (κ3) is 3.44. The van der Waals surface area contributed by atoms with E-state index in [1.165, 1.54) is 4.90 Å². The number of carbonyl (C=O) groups is 2. The van der Waals surface area contributed by atoms with E-state index in [1.54, 1.807) is 19.2 Å². The number of primary amides is 1. The molecule has 3 N–H and O–H groups in total. The minimum atomic E-state index is -1.65. The topological polar surface area (TPSA) is 96.5 Å². The predicted octanol–water partition coefficient (Wildman–Crippen LogP) is 1.95. The molecule has 2 amide bonds. The number of rotatable bonds is 2. The molecule has 0 aliphatic carbocycles. The molecule has 1 fully saturated rings. The number of amides is 2. The SMILES string of the molecule is CN1CC[C@@](O)(C#Cc2cccc(-c3cc4ccccc4c(C(N)=O)n3)c2)C1=O. The third-order valence-electron chi connectivity index (χ3n) is 5.06. The summed E-state index contributed by atoms with van der Waals surface area (Å²) in [4.78, 5) is 29.9. The van der Waals surface area contributed by atoms with Crippen LogP contribution in [0.3, 0.4) is 0 Å². The van der Waals surface area contributed by atoms with Crippen molar-refractivity contribution in [1.82, 2.24) is 9.88 Å². The minimum absolute atomic E-state index is 0.212. The fraction of sp³-hybridized carbons (Fsp3) is 0.174. The second-order valence-electron chi connectivity index (χ2n) is 7.11. The maximum atomic E-state index is 12.1. The van der Waals surface area contributed by atoms with E-state index in [-0.39, 0.29) is 18.0 Å². The zero-order valence-electron chi connectivity index (χ0n) is 15.8. The lowest BCUT2D eigenvalue weighted by Crippen LogP contribution is -2.37. The van der Waals surface area contributed by atoms with Crippen molar-refractivity contribution >= 4 is 22.6 Å². The molecule has 4 rings (SSSR count). The summed E-state index contributed by atoms with van der Waals surface area (Å²) in [5.41, 5.74) is 6.07. The molecule has 6 heteroatoms. The summed E-state index contributed by atoms with van der Waals surface area (Å²) < 4.78 is 0. The van der Waals surface area contributed by atoms with Gasteiger partial charge in [-0.2, -0.15) is 0 Å². The minimum Gasteiger partial charge on any atom is -0.369 e. The van der Waals surface area contributed by atoms with Gasteiger partial charge in [-0.05, 0) is 23.6 Å². The van der Waals surface area contributed by atoms with Gasteiger partial charge in [0.2, 0.25) is 5.60 Å². The average molecular weight is 385 g/mol. The van der Waals surface area contributed by atoms with Crippen LogP contribution in [0.2, 0.25) is 0 Å². The van der Waals surface area contributed by atoms with Gasteiger partial charge in [-0.3, -0.25) is 9.59 Å². The molecule has 1 aliphatic rings. The number of likely N-dealkylation sites (N-methyl/N-ethyl adjacent to an activating group) is 1. The van der Waals surface area contributed by atoms with Crippen LogP contribution in [0.4, 0.5) is 0 Å². The molecule has 0 bridgehead atoms. The predicted molar refractivity (Wildman–Crippen MR) is 110 cm³/mol. The van der Waals surface area contributed by atoms with Crippen LogP contribution >= 0.6 is 0 Å². The van der Waals surface area contributed by atoms with Crippen molar-refractivity contribution in [3.8, 4) is 23.1 Å². The maximum Gasteiger partial charge on any atom is 0.267 e. The Morgan fingerprint density at radius 3 is 2.72 bits per heavy atom. The van der Waals surface area contributed by atoms with Crippen molar-refractivity contribution in [2.45, 2.75) is 12.0 Å². The van der Waals surface area contributed by atoms with Crippen LogP contribution < -0.4 is 5.73 Å². The lowest BCUT2D eigenvalue weighted by Gasteiger charge is -2.13. The summed E-state index contributed by atoms with van der Waals surface area (Å²) >= 11 is 0. The van der Waals surface area contributed by atoms with Crippen LogP contribution in [-0.4, -0.2) is 46.0 Å². The van der Waals surface area contributed by atoms with Crippen LogP contribution in [0.15, 0.2) is 54.6 Å². The molecule has 3 aromatic rings. The smallest absolute Gasteiger partial charge is 0.267 e. The van der Waals surface area contributed by atoms with Crippen LogP contribution in [-0.2, 0) is 4.79 Å². The molecular formula is C23H19N3O3. The van der Waals surface area contributed by atoms with Gasteiger partial charge in [-0.25, -0.2) is 4.98 Å². The maximum absolute atomic E-state index is 12.1. The number of hydrogen-bond acceptors (Lipinski definition) is 4. The van der Waals surface area contributed by atoms with E-state index in [0.29, 0.717) is 23.2 Å². The molecule has 2 heterocycles. The van der Waals surface area contributed by atoms with Crippen molar-refractivity contribution in [3.05, 3.63) is 65.9 Å². The molecule has 0 spiro atoms. The summed E-state index contributed by atoms with van der Waals surface area (Å²) in [5.74, 6) is 4.63. The molecular weight excluding hydrogens is 366 g/mol. The highest BCUT2D eigenvalue weighted by molar-refractivity contribution is 6.05. The van der Waals surface area contributed by atoms with E-state index in [0.717, 1.165) is 10.9 Å². The van der Waals surface area contributed by atoms with Crippen molar-refractivity contribution in [2.75, 3.05) is 13.6 Å². The Morgan fingerprint density at radius 2 is 2.00 bits per heavy atom. The van der Waals surface area contributed by atoms with Gasteiger partial charge in [0, 0.05) is 36.5 Å². The highest BCUT2D eigenvalue weighted by Crippen LogP contribution is 2.26. The van der Waals surface area contributed by atoms with E-state index in [4.69, 9.17) is 5.73 Å². The van der Waals surface area contributed by atoms with Gasteiger partial charge < -0.3 is 15.7 Å². The molecule has 2 aromatic carbocycles. The van der Waals surface area contributed by atoms with E-state index in [1.807, 2.05) is 42.5 Å². The Kier molecular flexibility index (Phi) is 4.53. The number of pyridine rings is 1. The van der Waals surface area contributed by atoms with Crippen molar-refractivity contribution in [1.29, 1.82) is 0 Å². The second kappa shape index (κ2) is 7.04. The molecule has 0 unspecified atom stereocenters. The Morgan fingerprint density at radius 1 is 1.21 bits per heavy atom. The van der Waals surface area contributed by atoms with Gasteiger partial charge in [0.1, 0.15) is 5.69 Å². The lowest BCUT2D eigenvalue weighted by atomic mass is 10.0. The molecule has 1 saturated heterocycles. The standard InChI is InChI=1S/C23H19N3O3/c1-26-12-11-23(29,22(26)28)10-9-15-5-4-7-17(13-15)19-14-16-6-2-3-8-18(16)20(25-19)21(24)27/h2-8,13-14,29H,11-12H2,1H3,(H2,24,27)/t23-/m0/s1. The Balaban J connectivity index is 1.75. The molecule has 144 valence electrons. The number of carbonyl (C=O) groups excluding carboxylic acids is 2. The number of benzene rings is 2. The molecule has 1 atom stereocenters. The zero-order chi connectivity index (χ0) is 20.6. The van der Waals surface area contributed by atoms with Crippen LogP contribution in [0.5, 0.6) is 0 Å². The summed E-state index contributed by atoms with van der Waals surface area (Å²) in [6, 6.07) is 16.6. The highest BCUT2D eigenvalue weighted by Gasteiger charge is 2.42. The largest absolute Gasteiger partial charge is 0.369 e. The number of nitrogens with two attached hydrogens (primary N) is 1. The fourth-order valence-corrected chi connectivity index (χ4v) is 3.44. The van der Waals surface area contributed by atoms with Gasteiger partial charge in [0.05, 0.1) is 5.69 Å². The normalized spacial score (nSPS) is 18.6. The number of hydrogen-bond donors (Lipinski definition) is 2. The first kappa shape index (κ1) is 18.7. The fourth-order valence-electron chi connectivity index (χ4n) is 3.44. The molecule has 29 heavy (non-hydrogen) atoms. The quantitative estimate of drug-likeness (QED) is 0.659. The first-order chi connectivity index (χ1) is 13.9. The van der Waals surface area contributed by atoms with Crippen LogP contribution in [0.25, 0.3) is 22.0 Å². The van der Waals surface area contributed by atoms with E-state index >= 15 is 0 Å². The highest BCUT2D eigenvalue weighted by atomic mass is 16.3. The van der Waals surface area contributed by atoms with E-state index < -0.39 is 11.5 Å². The van der Waals surface area contributed by atoms with Crippen molar-refractivity contribution < 1.29 is 14.7 Å². The monoisotopic (exact) mass is 385 g/mol. The number of aliphatic hydroxyl groups is 1. The second-order valence-corrected chi connectivity index (χ2v) is 7.11. The number of likely N-dealkylation sites (tertiary alicyclic amines) is 1. The van der Waals surface area contributed by atoms with Crippen LogP contribution in [0, 0.1) is 11.8 Å². The summed E-state index contributed by atoms with van der Waals surface area (Å²) in [6.45, 7) is 0.473.